The highest BCUT2D eigenvalue weighted by atomic mass is 35.5. The van der Waals surface area contributed by atoms with Gasteiger partial charge in [0.05, 0.1) is 22.3 Å². The summed E-state index contributed by atoms with van der Waals surface area (Å²) in [7, 11) is 0. The number of ether oxygens (including phenoxy) is 2. The number of aromatic nitrogens is 4. The molecule has 9 nitrogen and oxygen atoms in total. The van der Waals surface area contributed by atoms with E-state index in [9.17, 15) is 22.8 Å². The number of rotatable bonds is 5. The molecule has 1 aliphatic carbocycles. The van der Waals surface area contributed by atoms with Crippen molar-refractivity contribution in [3.05, 3.63) is 40.9 Å². The molecule has 188 valence electrons. The standard InChI is InChI=1S/C22H23ClF3N5O4/c1-11(15-10-30-9-13(23)7-16(18(30)27-15)34-22(24,25)26)19(32)28-17-8-14(12-5-6-12)29-31(17)20(33)35-21(2,3)4/h7-12H,5-6H2,1-4H3,(H,28,32). The molecular weight excluding hydrogens is 491 g/mol. The van der Waals surface area contributed by atoms with E-state index in [1.54, 1.807) is 26.8 Å². The van der Waals surface area contributed by atoms with Crippen molar-refractivity contribution in [3.63, 3.8) is 0 Å². The Labute approximate surface area is 203 Å². The van der Waals surface area contributed by atoms with Gasteiger partial charge in [-0.15, -0.1) is 17.9 Å². The fourth-order valence-electron chi connectivity index (χ4n) is 3.34. The molecule has 1 N–H and O–H groups in total. The van der Waals surface area contributed by atoms with Gasteiger partial charge in [-0.1, -0.05) is 11.6 Å². The maximum absolute atomic E-state index is 13.0. The molecule has 3 heterocycles. The number of hydrogen-bond donors (Lipinski definition) is 1. The molecule has 1 unspecified atom stereocenters. The van der Waals surface area contributed by atoms with E-state index in [4.69, 9.17) is 16.3 Å². The first-order chi connectivity index (χ1) is 16.2. The molecule has 1 aliphatic rings. The number of pyridine rings is 1. The van der Waals surface area contributed by atoms with E-state index in [-0.39, 0.29) is 28.1 Å². The Balaban J connectivity index is 1.60. The summed E-state index contributed by atoms with van der Waals surface area (Å²) < 4.78 is 50.0. The molecule has 1 atom stereocenters. The number of imidazole rings is 1. The maximum Gasteiger partial charge on any atom is 0.573 e. The molecule has 1 saturated carbocycles. The van der Waals surface area contributed by atoms with Gasteiger partial charge in [-0.05, 0) is 40.5 Å². The second kappa shape index (κ2) is 8.74. The Morgan fingerprint density at radius 1 is 1.20 bits per heavy atom. The summed E-state index contributed by atoms with van der Waals surface area (Å²) in [5.41, 5.74) is -0.0976. The first-order valence-electron chi connectivity index (χ1n) is 10.8. The summed E-state index contributed by atoms with van der Waals surface area (Å²) in [6.07, 6.45) is -1.10. The summed E-state index contributed by atoms with van der Waals surface area (Å²) in [6.45, 7) is 6.66. The quantitative estimate of drug-likeness (QED) is 0.484. The number of nitrogens with one attached hydrogen (secondary N) is 1. The minimum Gasteiger partial charge on any atom is -0.442 e. The van der Waals surface area contributed by atoms with Crippen molar-refractivity contribution in [2.75, 3.05) is 5.32 Å². The van der Waals surface area contributed by atoms with E-state index in [2.05, 4.69) is 20.1 Å². The molecule has 35 heavy (non-hydrogen) atoms. The van der Waals surface area contributed by atoms with Gasteiger partial charge in [0.1, 0.15) is 11.4 Å². The van der Waals surface area contributed by atoms with E-state index in [0.717, 1.165) is 23.6 Å². The monoisotopic (exact) mass is 513 g/mol. The number of carbonyl (C=O) groups excluding carboxylic acids is 2. The average molecular weight is 514 g/mol. The van der Waals surface area contributed by atoms with Crippen LogP contribution in [0.1, 0.15) is 63.8 Å². The second-order valence-corrected chi connectivity index (χ2v) is 9.74. The molecular formula is C22H23ClF3N5O4. The lowest BCUT2D eigenvalue weighted by atomic mass is 10.1. The number of anilines is 1. The van der Waals surface area contributed by atoms with Crippen LogP contribution in [0.15, 0.2) is 24.5 Å². The fraction of sp³-hybridized carbons (Fsp3) is 0.455. The van der Waals surface area contributed by atoms with Gasteiger partial charge in [-0.2, -0.15) is 5.10 Å². The zero-order valence-electron chi connectivity index (χ0n) is 19.3. The Morgan fingerprint density at radius 3 is 2.49 bits per heavy atom. The lowest BCUT2D eigenvalue weighted by Gasteiger charge is -2.20. The minimum atomic E-state index is -4.94. The number of hydrogen-bond acceptors (Lipinski definition) is 6. The molecule has 1 fully saturated rings. The predicted molar refractivity (Wildman–Crippen MR) is 120 cm³/mol. The highest BCUT2D eigenvalue weighted by Gasteiger charge is 2.34. The van der Waals surface area contributed by atoms with Crippen LogP contribution >= 0.6 is 11.6 Å². The van der Waals surface area contributed by atoms with Crippen molar-refractivity contribution in [1.82, 2.24) is 19.2 Å². The number of carbonyl (C=O) groups is 2. The molecule has 3 aromatic rings. The van der Waals surface area contributed by atoms with Crippen LogP contribution in [0.25, 0.3) is 5.65 Å². The second-order valence-electron chi connectivity index (χ2n) is 9.30. The molecule has 3 aromatic heterocycles. The van der Waals surface area contributed by atoms with Gasteiger partial charge in [0, 0.05) is 30.4 Å². The molecule has 0 aliphatic heterocycles. The fourth-order valence-corrected chi connectivity index (χ4v) is 3.55. The first-order valence-corrected chi connectivity index (χ1v) is 11.2. The smallest absolute Gasteiger partial charge is 0.442 e. The van der Waals surface area contributed by atoms with Gasteiger partial charge < -0.3 is 19.2 Å². The van der Waals surface area contributed by atoms with Gasteiger partial charge >= 0.3 is 12.5 Å². The number of fused-ring (bicyclic) bond motifs is 1. The third-order valence-electron chi connectivity index (χ3n) is 5.11. The van der Waals surface area contributed by atoms with Gasteiger partial charge in [0.25, 0.3) is 0 Å². The van der Waals surface area contributed by atoms with Gasteiger partial charge in [-0.3, -0.25) is 4.79 Å². The highest BCUT2D eigenvalue weighted by molar-refractivity contribution is 6.30. The first kappa shape index (κ1) is 24.8. The number of nitrogens with zero attached hydrogens (tertiary/aromatic N) is 4. The molecule has 0 saturated heterocycles. The molecule has 0 radical (unpaired) electrons. The van der Waals surface area contributed by atoms with E-state index >= 15 is 0 Å². The van der Waals surface area contributed by atoms with E-state index < -0.39 is 35.6 Å². The zero-order valence-corrected chi connectivity index (χ0v) is 20.1. The Morgan fingerprint density at radius 2 is 1.89 bits per heavy atom. The third kappa shape index (κ3) is 5.87. The van der Waals surface area contributed by atoms with Gasteiger partial charge in [-0.25, -0.2) is 9.78 Å². The summed E-state index contributed by atoms with van der Waals surface area (Å²) >= 11 is 5.91. The Bertz CT molecular complexity index is 1290. The highest BCUT2D eigenvalue weighted by Crippen LogP contribution is 2.40. The number of halogens is 4. The van der Waals surface area contributed by atoms with Gasteiger partial charge in [0.15, 0.2) is 11.4 Å². The van der Waals surface area contributed by atoms with Gasteiger partial charge in [0.2, 0.25) is 5.91 Å². The SMILES string of the molecule is CC(C(=O)Nc1cc(C2CC2)nn1C(=O)OC(C)(C)C)c1cn2cc(Cl)cc(OC(F)(F)F)c2n1. The molecule has 4 rings (SSSR count). The van der Waals surface area contributed by atoms with Crippen molar-refractivity contribution >= 4 is 35.1 Å². The van der Waals surface area contributed by atoms with Crippen molar-refractivity contribution in [3.8, 4) is 5.75 Å². The lowest BCUT2D eigenvalue weighted by Crippen LogP contribution is -2.30. The Kier molecular flexibility index (Phi) is 6.20. The van der Waals surface area contributed by atoms with Crippen LogP contribution in [0, 0.1) is 0 Å². The van der Waals surface area contributed by atoms with Crippen molar-refractivity contribution in [2.24, 2.45) is 0 Å². The number of amides is 1. The summed E-state index contributed by atoms with van der Waals surface area (Å²) in [4.78, 5) is 29.8. The van der Waals surface area contributed by atoms with Crippen LogP contribution in [0.2, 0.25) is 5.02 Å². The third-order valence-corrected chi connectivity index (χ3v) is 5.31. The normalized spacial score (nSPS) is 15.2. The summed E-state index contributed by atoms with van der Waals surface area (Å²) in [5.74, 6) is -1.71. The number of alkyl halides is 3. The minimum absolute atomic E-state index is 0.00771. The van der Waals surface area contributed by atoms with Crippen LogP contribution in [-0.2, 0) is 9.53 Å². The lowest BCUT2D eigenvalue weighted by molar-refractivity contribution is -0.274. The van der Waals surface area contributed by atoms with E-state index in [1.165, 1.54) is 23.7 Å². The van der Waals surface area contributed by atoms with Crippen LogP contribution in [0.5, 0.6) is 5.75 Å². The van der Waals surface area contributed by atoms with Crippen molar-refractivity contribution in [1.29, 1.82) is 0 Å². The molecule has 0 aromatic carbocycles. The summed E-state index contributed by atoms with van der Waals surface area (Å²) in [6, 6.07) is 2.61. The van der Waals surface area contributed by atoms with Crippen molar-refractivity contribution in [2.45, 2.75) is 64.3 Å². The van der Waals surface area contributed by atoms with Crippen molar-refractivity contribution < 1.29 is 32.2 Å². The van der Waals surface area contributed by atoms with Crippen LogP contribution in [-0.4, -0.2) is 43.1 Å². The zero-order chi connectivity index (χ0) is 25.7. The average Bonchev–Trinajstić information content (AvgIpc) is 3.32. The van der Waals surface area contributed by atoms with E-state index in [1.807, 2.05) is 0 Å². The van der Waals surface area contributed by atoms with E-state index in [0.29, 0.717) is 5.69 Å². The topological polar surface area (TPSA) is 99.8 Å². The predicted octanol–water partition coefficient (Wildman–Crippen LogP) is 5.49. The largest absolute Gasteiger partial charge is 0.573 e. The molecule has 0 bridgehead atoms. The van der Waals surface area contributed by atoms with Crippen LogP contribution in [0.4, 0.5) is 23.8 Å². The van der Waals surface area contributed by atoms with Crippen LogP contribution in [0.3, 0.4) is 0 Å². The Hall–Kier alpha value is -3.28. The van der Waals surface area contributed by atoms with Crippen LogP contribution < -0.4 is 10.1 Å². The molecule has 0 spiro atoms. The summed E-state index contributed by atoms with van der Waals surface area (Å²) in [5, 5.41) is 6.95. The maximum atomic E-state index is 13.0. The molecule has 13 heteroatoms. The molecule has 1 amide bonds.